The van der Waals surface area contributed by atoms with Crippen LogP contribution in [0.4, 0.5) is 4.79 Å². The molecule has 0 N–H and O–H groups in total. The number of nitrogens with zero attached hydrogens (tertiary/aromatic N) is 2. The van der Waals surface area contributed by atoms with Gasteiger partial charge in [0.05, 0.1) is 13.1 Å². The van der Waals surface area contributed by atoms with Crippen molar-refractivity contribution in [3.63, 3.8) is 0 Å². The van der Waals surface area contributed by atoms with E-state index < -0.39 is 5.60 Å². The third kappa shape index (κ3) is 3.30. The zero-order valence-corrected chi connectivity index (χ0v) is 14.7. The number of rotatable bonds is 0. The van der Waals surface area contributed by atoms with Gasteiger partial charge in [-0.2, -0.15) is 0 Å². The molecule has 0 saturated carbocycles. The summed E-state index contributed by atoms with van der Waals surface area (Å²) in [6, 6.07) is 0. The average molecular weight is 314 g/mol. The fraction of sp³-hybridized carbons (Fsp3) is 0.867. The third-order valence-electron chi connectivity index (χ3n) is 3.59. The number of carbonyl (C=O) groups is 2. The largest absolute Gasteiger partial charge is 0.444 e. The number of carbonyl (C=O) groups excluding carboxylic acids is 2. The third-order valence-corrected chi connectivity index (χ3v) is 4.99. The normalized spacial score (nSPS) is 21.4. The number of hydrogen-bond acceptors (Lipinski definition) is 4. The first-order chi connectivity index (χ1) is 9.45. The quantitative estimate of drug-likeness (QED) is 0.689. The molecule has 0 radical (unpaired) electrons. The van der Waals surface area contributed by atoms with Crippen LogP contribution in [0, 0.1) is 5.41 Å². The van der Waals surface area contributed by atoms with E-state index in [9.17, 15) is 9.59 Å². The fourth-order valence-corrected chi connectivity index (χ4v) is 4.05. The van der Waals surface area contributed by atoms with Crippen LogP contribution in [-0.4, -0.2) is 57.7 Å². The summed E-state index contributed by atoms with van der Waals surface area (Å²) in [6.07, 6.45) is -0.288. The molecular formula is C15H26N2O3S. The van der Waals surface area contributed by atoms with Gasteiger partial charge in [0.2, 0.25) is 5.91 Å². The van der Waals surface area contributed by atoms with Crippen molar-refractivity contribution in [3.8, 4) is 0 Å². The minimum absolute atomic E-state index is 0.163. The van der Waals surface area contributed by atoms with Crippen molar-refractivity contribution < 1.29 is 14.3 Å². The van der Waals surface area contributed by atoms with Gasteiger partial charge in [0, 0.05) is 17.7 Å². The van der Waals surface area contributed by atoms with Crippen LogP contribution < -0.4 is 0 Å². The van der Waals surface area contributed by atoms with Crippen LogP contribution in [0.5, 0.6) is 0 Å². The number of amides is 2. The highest BCUT2D eigenvalue weighted by Gasteiger charge is 2.56. The lowest BCUT2D eigenvalue weighted by Gasteiger charge is -2.52. The predicted octanol–water partition coefficient (Wildman–Crippen LogP) is 2.55. The van der Waals surface area contributed by atoms with E-state index in [1.54, 1.807) is 16.7 Å². The lowest BCUT2D eigenvalue weighted by Crippen LogP contribution is -2.69. The van der Waals surface area contributed by atoms with Crippen molar-refractivity contribution in [2.45, 2.75) is 52.0 Å². The van der Waals surface area contributed by atoms with Gasteiger partial charge in [0.1, 0.15) is 10.5 Å². The Labute approximate surface area is 131 Å². The van der Waals surface area contributed by atoms with Crippen molar-refractivity contribution in [2.24, 2.45) is 5.41 Å². The summed E-state index contributed by atoms with van der Waals surface area (Å²) in [5, 5.41) is 0. The molecule has 21 heavy (non-hydrogen) atoms. The summed E-state index contributed by atoms with van der Waals surface area (Å²) in [7, 11) is 0. The van der Waals surface area contributed by atoms with E-state index in [1.807, 2.05) is 46.4 Å². The second-order valence-corrected chi connectivity index (χ2v) is 9.29. The van der Waals surface area contributed by atoms with Gasteiger partial charge in [-0.15, -0.1) is 11.8 Å². The van der Waals surface area contributed by atoms with Gasteiger partial charge in [0.25, 0.3) is 0 Å². The lowest BCUT2D eigenvalue weighted by atomic mass is 9.92. The molecule has 2 aliphatic rings. The Kier molecular flexibility index (Phi) is 3.98. The van der Waals surface area contributed by atoms with E-state index in [0.29, 0.717) is 13.1 Å². The van der Waals surface area contributed by atoms with Crippen molar-refractivity contribution in [2.75, 3.05) is 25.4 Å². The lowest BCUT2D eigenvalue weighted by molar-refractivity contribution is -0.146. The predicted molar refractivity (Wildman–Crippen MR) is 84.2 cm³/mol. The van der Waals surface area contributed by atoms with E-state index in [1.165, 1.54) is 0 Å². The van der Waals surface area contributed by atoms with Gasteiger partial charge >= 0.3 is 6.09 Å². The standard InChI is InChI=1S/C15H26N2O3S/c1-13(2,3)11(18)17-7-8-21-15(17)9-16(10-15)12(19)20-14(4,5)6/h7-10H2,1-6H3. The molecule has 6 heteroatoms. The summed E-state index contributed by atoms with van der Waals surface area (Å²) in [5.41, 5.74) is -0.867. The van der Waals surface area contributed by atoms with Crippen molar-refractivity contribution >= 4 is 23.8 Å². The topological polar surface area (TPSA) is 49.9 Å². The van der Waals surface area contributed by atoms with Gasteiger partial charge in [-0.25, -0.2) is 4.79 Å². The van der Waals surface area contributed by atoms with Crippen LogP contribution in [0.15, 0.2) is 0 Å². The molecule has 2 amide bonds. The van der Waals surface area contributed by atoms with Gasteiger partial charge in [0.15, 0.2) is 0 Å². The van der Waals surface area contributed by atoms with Gasteiger partial charge in [-0.3, -0.25) is 4.79 Å². The van der Waals surface area contributed by atoms with Crippen molar-refractivity contribution in [3.05, 3.63) is 0 Å². The summed E-state index contributed by atoms with van der Waals surface area (Å²) >= 11 is 1.78. The molecule has 0 aromatic heterocycles. The Morgan fingerprint density at radius 2 is 1.67 bits per heavy atom. The highest BCUT2D eigenvalue weighted by molar-refractivity contribution is 8.01. The molecule has 1 spiro atoms. The Balaban J connectivity index is 2.00. The number of hydrogen-bond donors (Lipinski definition) is 0. The molecule has 2 saturated heterocycles. The molecule has 2 rings (SSSR count). The van der Waals surface area contributed by atoms with E-state index in [-0.39, 0.29) is 22.3 Å². The highest BCUT2D eigenvalue weighted by Crippen LogP contribution is 2.45. The van der Waals surface area contributed by atoms with Crippen molar-refractivity contribution in [1.29, 1.82) is 0 Å². The van der Waals surface area contributed by atoms with Crippen LogP contribution in [0.1, 0.15) is 41.5 Å². The first-order valence-corrected chi connectivity index (χ1v) is 8.37. The van der Waals surface area contributed by atoms with Gasteiger partial charge < -0.3 is 14.5 Å². The zero-order chi connectivity index (χ0) is 16.1. The van der Waals surface area contributed by atoms with Crippen LogP contribution in [0.25, 0.3) is 0 Å². The molecule has 2 fully saturated rings. The van der Waals surface area contributed by atoms with E-state index in [4.69, 9.17) is 4.74 Å². The maximum Gasteiger partial charge on any atom is 0.410 e. The number of thioether (sulfide) groups is 1. The SMILES string of the molecule is CC(C)(C)OC(=O)N1CC2(C1)SCCN2C(=O)C(C)(C)C. The van der Waals surface area contributed by atoms with Crippen LogP contribution in [0.2, 0.25) is 0 Å². The van der Waals surface area contributed by atoms with Gasteiger partial charge in [-0.05, 0) is 20.8 Å². The summed E-state index contributed by atoms with van der Waals surface area (Å²) in [4.78, 5) is 28.0. The molecule has 0 atom stereocenters. The summed E-state index contributed by atoms with van der Waals surface area (Å²) in [5.74, 6) is 1.10. The first kappa shape index (κ1) is 16.5. The van der Waals surface area contributed by atoms with Crippen LogP contribution in [0.3, 0.4) is 0 Å². The fourth-order valence-electron chi connectivity index (χ4n) is 2.57. The molecule has 0 aromatic carbocycles. The molecule has 0 bridgehead atoms. The molecule has 5 nitrogen and oxygen atoms in total. The Hall–Kier alpha value is -0.910. The smallest absolute Gasteiger partial charge is 0.410 e. The Morgan fingerprint density at radius 1 is 1.10 bits per heavy atom. The van der Waals surface area contributed by atoms with Gasteiger partial charge in [-0.1, -0.05) is 20.8 Å². The second-order valence-electron chi connectivity index (χ2n) is 7.84. The summed E-state index contributed by atoms with van der Waals surface area (Å²) < 4.78 is 5.38. The molecule has 0 aromatic rings. The molecule has 2 aliphatic heterocycles. The minimum atomic E-state index is -0.483. The maximum atomic E-state index is 12.6. The molecule has 120 valence electrons. The maximum absolute atomic E-state index is 12.6. The number of likely N-dealkylation sites (tertiary alicyclic amines) is 1. The zero-order valence-electron chi connectivity index (χ0n) is 13.9. The Morgan fingerprint density at radius 3 is 2.14 bits per heavy atom. The van der Waals surface area contributed by atoms with E-state index >= 15 is 0 Å². The molecule has 0 unspecified atom stereocenters. The monoisotopic (exact) mass is 314 g/mol. The number of ether oxygens (including phenoxy) is 1. The van der Waals surface area contributed by atoms with E-state index in [0.717, 1.165) is 12.3 Å². The molecule has 0 aliphatic carbocycles. The van der Waals surface area contributed by atoms with E-state index in [2.05, 4.69) is 0 Å². The second kappa shape index (κ2) is 5.07. The average Bonchev–Trinajstić information content (AvgIpc) is 2.65. The van der Waals surface area contributed by atoms with Crippen LogP contribution >= 0.6 is 11.8 Å². The Bertz CT molecular complexity index is 445. The van der Waals surface area contributed by atoms with Crippen molar-refractivity contribution in [1.82, 2.24) is 9.80 Å². The highest BCUT2D eigenvalue weighted by atomic mass is 32.2. The first-order valence-electron chi connectivity index (χ1n) is 7.39. The molecular weight excluding hydrogens is 288 g/mol. The minimum Gasteiger partial charge on any atom is -0.444 e. The van der Waals surface area contributed by atoms with Crippen LogP contribution in [-0.2, 0) is 9.53 Å². The molecule has 2 heterocycles. The summed E-state index contributed by atoms with van der Waals surface area (Å²) in [6.45, 7) is 13.3.